The number of rotatable bonds is 6. The molecule has 0 bridgehead atoms. The van der Waals surface area contributed by atoms with Crippen molar-refractivity contribution in [1.82, 2.24) is 15.3 Å². The van der Waals surface area contributed by atoms with Crippen molar-refractivity contribution in [2.75, 3.05) is 4.90 Å². The molecule has 0 unspecified atom stereocenters. The highest BCUT2D eigenvalue weighted by Crippen LogP contribution is 2.34. The Morgan fingerprint density at radius 1 is 1.09 bits per heavy atom. The maximum absolute atomic E-state index is 13.8. The van der Waals surface area contributed by atoms with Gasteiger partial charge in [-0.3, -0.25) is 19.5 Å². The maximum atomic E-state index is 13.8. The van der Waals surface area contributed by atoms with E-state index in [9.17, 15) is 9.59 Å². The fourth-order valence-corrected chi connectivity index (χ4v) is 5.15. The zero-order valence-electron chi connectivity index (χ0n) is 18.5. The summed E-state index contributed by atoms with van der Waals surface area (Å²) in [5.74, 6) is -0.504. The van der Waals surface area contributed by atoms with Crippen LogP contribution in [0, 0.1) is 13.8 Å². The molecule has 0 aliphatic heterocycles. The average Bonchev–Trinajstić information content (AvgIpc) is 3.32. The van der Waals surface area contributed by atoms with Crippen molar-refractivity contribution in [2.24, 2.45) is 0 Å². The smallest absolute Gasteiger partial charge is 0.280 e. The number of benzene rings is 1. The van der Waals surface area contributed by atoms with Gasteiger partial charge < -0.3 is 5.32 Å². The molecule has 1 aromatic carbocycles. The summed E-state index contributed by atoms with van der Waals surface area (Å²) in [4.78, 5) is 37.3. The number of anilines is 1. The summed E-state index contributed by atoms with van der Waals surface area (Å²) in [6, 6.07) is 9.13. The van der Waals surface area contributed by atoms with Crippen LogP contribution >= 0.6 is 11.3 Å². The number of aromatic nitrogens is 2. The molecule has 1 atom stereocenters. The normalized spacial score (nSPS) is 15.2. The second-order valence-corrected chi connectivity index (χ2v) is 9.31. The predicted molar refractivity (Wildman–Crippen MR) is 127 cm³/mol. The van der Waals surface area contributed by atoms with Crippen molar-refractivity contribution < 1.29 is 9.59 Å². The second kappa shape index (κ2) is 10.0. The molecule has 6 nitrogen and oxygen atoms in total. The summed E-state index contributed by atoms with van der Waals surface area (Å²) >= 11 is 1.43. The van der Waals surface area contributed by atoms with Gasteiger partial charge in [-0.05, 0) is 49.8 Å². The largest absolute Gasteiger partial charge is 0.351 e. The van der Waals surface area contributed by atoms with E-state index in [1.807, 2.05) is 43.5 Å². The summed E-state index contributed by atoms with van der Waals surface area (Å²) < 4.78 is 0. The van der Waals surface area contributed by atoms with Crippen molar-refractivity contribution in [3.05, 3.63) is 76.7 Å². The van der Waals surface area contributed by atoms with Crippen LogP contribution in [-0.4, -0.2) is 27.8 Å². The molecule has 1 aliphatic rings. The molecule has 32 heavy (non-hydrogen) atoms. The van der Waals surface area contributed by atoms with Crippen molar-refractivity contribution >= 4 is 28.2 Å². The molecule has 2 heterocycles. The monoisotopic (exact) mass is 448 g/mol. The van der Waals surface area contributed by atoms with Gasteiger partial charge in [0.05, 0.1) is 11.2 Å². The van der Waals surface area contributed by atoms with Gasteiger partial charge in [0.1, 0.15) is 11.7 Å². The van der Waals surface area contributed by atoms with Gasteiger partial charge in [0.25, 0.3) is 5.91 Å². The van der Waals surface area contributed by atoms with Crippen LogP contribution in [-0.2, 0) is 4.79 Å². The molecule has 4 rings (SSSR count). The number of carbonyl (C=O) groups excluding carboxylic acids is 2. The zero-order valence-corrected chi connectivity index (χ0v) is 19.3. The highest BCUT2D eigenvalue weighted by atomic mass is 32.1. The molecule has 1 fully saturated rings. The predicted octanol–water partition coefficient (Wildman–Crippen LogP) is 4.99. The SMILES string of the molecule is Cc1cc(C)cc([C@H](C(=O)NC2CCCCC2)N(C(=O)c2cnccn2)c2cccs2)c1. The van der Waals surface area contributed by atoms with E-state index < -0.39 is 6.04 Å². The Labute approximate surface area is 192 Å². The van der Waals surface area contributed by atoms with E-state index in [1.54, 1.807) is 4.90 Å². The van der Waals surface area contributed by atoms with Crippen LogP contribution in [0.15, 0.2) is 54.3 Å². The van der Waals surface area contributed by atoms with E-state index in [0.29, 0.717) is 5.00 Å². The molecule has 166 valence electrons. The lowest BCUT2D eigenvalue weighted by atomic mass is 9.94. The molecular weight excluding hydrogens is 420 g/mol. The Balaban J connectivity index is 1.79. The molecule has 7 heteroatoms. The molecule has 1 aliphatic carbocycles. The topological polar surface area (TPSA) is 75.2 Å². The third-order valence-corrected chi connectivity index (χ3v) is 6.63. The summed E-state index contributed by atoms with van der Waals surface area (Å²) in [6.07, 6.45) is 9.86. The zero-order chi connectivity index (χ0) is 22.5. The molecule has 1 saturated carbocycles. The molecule has 0 radical (unpaired) electrons. The lowest BCUT2D eigenvalue weighted by Gasteiger charge is -2.32. The molecule has 1 N–H and O–H groups in total. The molecule has 2 amide bonds. The summed E-state index contributed by atoms with van der Waals surface area (Å²) in [5.41, 5.74) is 3.10. The molecule has 3 aromatic rings. The van der Waals surface area contributed by atoms with Crippen LogP contribution in [0.2, 0.25) is 0 Å². The fourth-order valence-electron chi connectivity index (χ4n) is 4.40. The third kappa shape index (κ3) is 5.05. The van der Waals surface area contributed by atoms with Gasteiger partial charge in [0.15, 0.2) is 0 Å². The number of nitrogens with zero attached hydrogens (tertiary/aromatic N) is 3. The van der Waals surface area contributed by atoms with E-state index in [4.69, 9.17) is 0 Å². The standard InChI is InChI=1S/C25H28N4O2S/c1-17-13-18(2)15-19(14-17)23(24(30)28-20-7-4-3-5-8-20)29(22-9-6-12-32-22)25(31)21-16-26-10-11-27-21/h6,9-16,20,23H,3-5,7-8H2,1-2H3,(H,28,30)/t23-/m1/s1. The van der Waals surface area contributed by atoms with E-state index >= 15 is 0 Å². The number of hydrogen-bond acceptors (Lipinski definition) is 5. The Bertz CT molecular complexity index is 1040. The summed E-state index contributed by atoms with van der Waals surface area (Å²) in [6.45, 7) is 4.01. The number of aryl methyl sites for hydroxylation is 2. The van der Waals surface area contributed by atoms with E-state index in [-0.39, 0.29) is 23.6 Å². The highest BCUT2D eigenvalue weighted by Gasteiger charge is 2.36. The lowest BCUT2D eigenvalue weighted by Crippen LogP contribution is -2.47. The van der Waals surface area contributed by atoms with Gasteiger partial charge in [-0.25, -0.2) is 4.98 Å². The first-order valence-corrected chi connectivity index (χ1v) is 11.9. The van der Waals surface area contributed by atoms with Crippen LogP contribution in [0.4, 0.5) is 5.00 Å². The van der Waals surface area contributed by atoms with Gasteiger partial charge in [-0.1, -0.05) is 48.6 Å². The van der Waals surface area contributed by atoms with E-state index in [2.05, 4.69) is 21.4 Å². The maximum Gasteiger partial charge on any atom is 0.280 e. The number of hydrogen-bond donors (Lipinski definition) is 1. The van der Waals surface area contributed by atoms with Crippen molar-refractivity contribution in [1.29, 1.82) is 0 Å². The minimum Gasteiger partial charge on any atom is -0.351 e. The fraction of sp³-hybridized carbons (Fsp3) is 0.360. The Hall–Kier alpha value is -3.06. The number of nitrogens with one attached hydrogen (secondary N) is 1. The Morgan fingerprint density at radius 2 is 1.84 bits per heavy atom. The summed E-state index contributed by atoms with van der Waals surface area (Å²) in [5, 5.41) is 5.85. The Kier molecular flexibility index (Phi) is 6.95. The Morgan fingerprint density at radius 3 is 2.47 bits per heavy atom. The van der Waals surface area contributed by atoms with Crippen molar-refractivity contribution in [3.63, 3.8) is 0 Å². The van der Waals surface area contributed by atoms with E-state index in [1.165, 1.54) is 36.3 Å². The van der Waals surface area contributed by atoms with Gasteiger partial charge >= 0.3 is 0 Å². The van der Waals surface area contributed by atoms with Gasteiger partial charge in [0.2, 0.25) is 5.91 Å². The third-order valence-electron chi connectivity index (χ3n) is 5.76. The number of carbonyl (C=O) groups is 2. The second-order valence-electron chi connectivity index (χ2n) is 8.38. The van der Waals surface area contributed by atoms with Crippen LogP contribution in [0.3, 0.4) is 0 Å². The highest BCUT2D eigenvalue weighted by molar-refractivity contribution is 7.14. The van der Waals surface area contributed by atoms with Gasteiger partial charge in [-0.15, -0.1) is 11.3 Å². The van der Waals surface area contributed by atoms with Gasteiger partial charge in [0, 0.05) is 18.4 Å². The van der Waals surface area contributed by atoms with Crippen LogP contribution in [0.5, 0.6) is 0 Å². The van der Waals surface area contributed by atoms with Crippen LogP contribution in [0.1, 0.15) is 65.3 Å². The lowest BCUT2D eigenvalue weighted by molar-refractivity contribution is -0.123. The minimum atomic E-state index is -0.802. The quantitative estimate of drug-likeness (QED) is 0.576. The van der Waals surface area contributed by atoms with E-state index in [0.717, 1.165) is 42.4 Å². The van der Waals surface area contributed by atoms with Crippen molar-refractivity contribution in [2.45, 2.75) is 58.0 Å². The molecular formula is C25H28N4O2S. The molecule has 0 saturated heterocycles. The number of thiophene rings is 1. The van der Waals surface area contributed by atoms with Crippen LogP contribution in [0.25, 0.3) is 0 Å². The van der Waals surface area contributed by atoms with Crippen LogP contribution < -0.4 is 10.2 Å². The summed E-state index contributed by atoms with van der Waals surface area (Å²) in [7, 11) is 0. The molecule has 2 aromatic heterocycles. The first-order valence-electron chi connectivity index (χ1n) is 11.0. The molecule has 0 spiro atoms. The van der Waals surface area contributed by atoms with Crippen molar-refractivity contribution in [3.8, 4) is 0 Å². The van der Waals surface area contributed by atoms with Gasteiger partial charge in [-0.2, -0.15) is 0 Å². The average molecular weight is 449 g/mol. The number of amides is 2. The minimum absolute atomic E-state index is 0.140. The first-order chi connectivity index (χ1) is 15.5. The first kappa shape index (κ1) is 22.1.